The summed E-state index contributed by atoms with van der Waals surface area (Å²) in [6.45, 7) is 7.16. The molecule has 2 aromatic heterocycles. The maximum atomic E-state index is 6.21. The normalized spacial score (nSPS) is 11.5. The van der Waals surface area contributed by atoms with Gasteiger partial charge in [-0.1, -0.05) is 91.8 Å². The molecule has 2 aromatic carbocycles. The molecule has 0 aliphatic carbocycles. The summed E-state index contributed by atoms with van der Waals surface area (Å²) >= 11 is 7.73. The maximum Gasteiger partial charge on any atom is 0.237 e. The summed E-state index contributed by atoms with van der Waals surface area (Å²) in [7, 11) is 0. The summed E-state index contributed by atoms with van der Waals surface area (Å²) in [4.78, 5) is 13.1. The third-order valence-electron chi connectivity index (χ3n) is 4.88. The molecule has 0 aliphatic heterocycles. The molecule has 2 heterocycles. The Morgan fingerprint density at radius 2 is 1.81 bits per heavy atom. The molecule has 4 aromatic rings. The zero-order valence-electron chi connectivity index (χ0n) is 18.2. The van der Waals surface area contributed by atoms with Crippen LogP contribution in [0.2, 0.25) is 5.02 Å². The lowest BCUT2D eigenvalue weighted by Crippen LogP contribution is -2.10. The molecule has 4 rings (SSSR count). The Hall–Kier alpha value is -2.90. The molecule has 0 bridgehead atoms. The molecule has 0 fully saturated rings. The van der Waals surface area contributed by atoms with Crippen LogP contribution >= 0.6 is 23.4 Å². The fraction of sp³-hybridized carbons (Fsp3) is 0.250. The summed E-state index contributed by atoms with van der Waals surface area (Å²) in [5.41, 5.74) is 3.32. The lowest BCUT2D eigenvalue weighted by atomic mass is 9.87. The predicted molar refractivity (Wildman–Crippen MR) is 129 cm³/mol. The molecule has 0 amide bonds. The Morgan fingerprint density at radius 3 is 2.56 bits per heavy atom. The van der Waals surface area contributed by atoms with Crippen molar-refractivity contribution in [2.45, 2.75) is 43.5 Å². The number of rotatable bonds is 7. The third-order valence-corrected chi connectivity index (χ3v) is 6.16. The monoisotopic (exact) mass is 465 g/mol. The van der Waals surface area contributed by atoms with Crippen molar-refractivity contribution in [3.05, 3.63) is 83.0 Å². The van der Waals surface area contributed by atoms with E-state index in [1.807, 2.05) is 42.5 Å². The van der Waals surface area contributed by atoms with Gasteiger partial charge < -0.3 is 9.84 Å². The summed E-state index contributed by atoms with van der Waals surface area (Å²) in [6.07, 6.45) is 1.54. The molecule has 6 nitrogen and oxygen atoms in total. The molecule has 0 radical (unpaired) electrons. The number of nitrogens with one attached hydrogen (secondary N) is 1. The Labute approximate surface area is 196 Å². The number of benzene rings is 2. The summed E-state index contributed by atoms with van der Waals surface area (Å²) in [5, 5.41) is 8.94. The van der Waals surface area contributed by atoms with Crippen LogP contribution in [0.1, 0.15) is 37.8 Å². The van der Waals surface area contributed by atoms with Gasteiger partial charge in [-0.3, -0.25) is 0 Å². The van der Waals surface area contributed by atoms with E-state index in [1.54, 1.807) is 0 Å². The molecule has 0 unspecified atom stereocenters. The number of hydrogen-bond acceptors (Lipinski definition) is 7. The second kappa shape index (κ2) is 9.71. The van der Waals surface area contributed by atoms with Gasteiger partial charge in [-0.05, 0) is 22.6 Å². The van der Waals surface area contributed by atoms with Crippen molar-refractivity contribution in [1.29, 1.82) is 0 Å². The van der Waals surface area contributed by atoms with Gasteiger partial charge in [0, 0.05) is 23.2 Å². The molecular formula is C24H24ClN5OS. The SMILES string of the molecule is CC(C)(C)c1ccc(-c2noc(CSc3cc(NCc4ccccc4Cl)ncn3)n2)cc1. The summed E-state index contributed by atoms with van der Waals surface area (Å²) in [6, 6.07) is 17.9. The standard InChI is InChI=1S/C24H24ClN5OS/c1-24(2,3)18-10-8-16(9-11-18)23-29-21(31-30-23)14-32-22-12-20(27-15-28-22)26-13-17-6-4-5-7-19(17)25/h4-12,15H,13-14H2,1-3H3,(H,26,27,28). The first kappa shape index (κ1) is 22.3. The molecule has 164 valence electrons. The number of aromatic nitrogens is 4. The van der Waals surface area contributed by atoms with Crippen LogP contribution in [0.4, 0.5) is 5.82 Å². The quantitative estimate of drug-likeness (QED) is 0.250. The number of nitrogens with zero attached hydrogens (tertiary/aromatic N) is 4. The maximum absolute atomic E-state index is 6.21. The van der Waals surface area contributed by atoms with Crippen LogP contribution in [0.15, 0.2) is 70.5 Å². The Balaban J connectivity index is 1.36. The van der Waals surface area contributed by atoms with Crippen LogP contribution in [0.25, 0.3) is 11.4 Å². The molecule has 0 atom stereocenters. The van der Waals surface area contributed by atoms with Crippen molar-refractivity contribution in [3.63, 3.8) is 0 Å². The highest BCUT2D eigenvalue weighted by molar-refractivity contribution is 7.98. The molecule has 0 aliphatic rings. The number of halogens is 1. The third kappa shape index (κ3) is 5.66. The average molecular weight is 466 g/mol. The van der Waals surface area contributed by atoms with Crippen molar-refractivity contribution in [1.82, 2.24) is 20.1 Å². The van der Waals surface area contributed by atoms with Crippen LogP contribution < -0.4 is 5.32 Å². The number of hydrogen-bond donors (Lipinski definition) is 1. The van der Waals surface area contributed by atoms with Gasteiger partial charge in [0.1, 0.15) is 17.2 Å². The minimum atomic E-state index is 0.107. The van der Waals surface area contributed by atoms with Gasteiger partial charge in [-0.25, -0.2) is 9.97 Å². The van der Waals surface area contributed by atoms with Crippen molar-refractivity contribution in [2.24, 2.45) is 0 Å². The lowest BCUT2D eigenvalue weighted by Gasteiger charge is -2.18. The van der Waals surface area contributed by atoms with E-state index in [0.29, 0.717) is 24.0 Å². The second-order valence-electron chi connectivity index (χ2n) is 8.31. The Kier molecular flexibility index (Phi) is 6.77. The molecule has 0 saturated carbocycles. The average Bonchev–Trinajstić information content (AvgIpc) is 3.26. The van der Waals surface area contributed by atoms with Gasteiger partial charge in [-0.15, -0.1) is 0 Å². The molecule has 32 heavy (non-hydrogen) atoms. The van der Waals surface area contributed by atoms with Gasteiger partial charge >= 0.3 is 0 Å². The Morgan fingerprint density at radius 1 is 1.03 bits per heavy atom. The Bertz CT molecular complexity index is 1190. The molecular weight excluding hydrogens is 442 g/mol. The second-order valence-corrected chi connectivity index (χ2v) is 9.72. The predicted octanol–water partition coefficient (Wildman–Crippen LogP) is 6.38. The van der Waals surface area contributed by atoms with Gasteiger partial charge in [-0.2, -0.15) is 4.98 Å². The van der Waals surface area contributed by atoms with Crippen LogP contribution in [0.5, 0.6) is 0 Å². The number of thioether (sulfide) groups is 1. The fourth-order valence-corrected chi connectivity index (χ4v) is 3.94. The minimum Gasteiger partial charge on any atom is -0.366 e. The fourth-order valence-electron chi connectivity index (χ4n) is 3.03. The summed E-state index contributed by atoms with van der Waals surface area (Å²) < 4.78 is 5.43. The van der Waals surface area contributed by atoms with Crippen LogP contribution in [-0.4, -0.2) is 20.1 Å². The van der Waals surface area contributed by atoms with Gasteiger partial charge in [0.05, 0.1) is 5.75 Å². The van der Waals surface area contributed by atoms with E-state index in [1.165, 1.54) is 23.7 Å². The highest BCUT2D eigenvalue weighted by Crippen LogP contribution is 2.26. The zero-order valence-corrected chi connectivity index (χ0v) is 19.7. The molecule has 8 heteroatoms. The van der Waals surface area contributed by atoms with Crippen molar-refractivity contribution < 1.29 is 4.52 Å². The first-order chi connectivity index (χ1) is 15.4. The molecule has 1 N–H and O–H groups in total. The first-order valence-electron chi connectivity index (χ1n) is 10.2. The van der Waals surface area contributed by atoms with Gasteiger partial charge in [0.2, 0.25) is 11.7 Å². The molecule has 0 saturated heterocycles. The topological polar surface area (TPSA) is 76.7 Å². The first-order valence-corrected chi connectivity index (χ1v) is 11.6. The van der Waals surface area contributed by atoms with E-state index in [9.17, 15) is 0 Å². The van der Waals surface area contributed by atoms with Crippen LogP contribution in [-0.2, 0) is 17.7 Å². The van der Waals surface area contributed by atoms with Gasteiger partial charge in [0.25, 0.3) is 0 Å². The van der Waals surface area contributed by atoms with Crippen LogP contribution in [0.3, 0.4) is 0 Å². The van der Waals surface area contributed by atoms with Gasteiger partial charge in [0.15, 0.2) is 0 Å². The highest BCUT2D eigenvalue weighted by atomic mass is 35.5. The minimum absolute atomic E-state index is 0.107. The zero-order chi connectivity index (χ0) is 22.6. The number of anilines is 1. The van der Waals surface area contributed by atoms with Crippen LogP contribution in [0, 0.1) is 0 Å². The van der Waals surface area contributed by atoms with Crippen molar-refractivity contribution >= 4 is 29.2 Å². The van der Waals surface area contributed by atoms with E-state index < -0.39 is 0 Å². The van der Waals surface area contributed by atoms with E-state index >= 15 is 0 Å². The lowest BCUT2D eigenvalue weighted by molar-refractivity contribution is 0.391. The van der Waals surface area contributed by atoms with Crippen molar-refractivity contribution in [2.75, 3.05) is 5.32 Å². The van der Waals surface area contributed by atoms with E-state index in [4.69, 9.17) is 16.1 Å². The van der Waals surface area contributed by atoms with E-state index in [0.717, 1.165) is 27.0 Å². The highest BCUT2D eigenvalue weighted by Gasteiger charge is 2.15. The van der Waals surface area contributed by atoms with E-state index in [2.05, 4.69) is 58.3 Å². The molecule has 0 spiro atoms. The smallest absolute Gasteiger partial charge is 0.237 e. The largest absolute Gasteiger partial charge is 0.366 e. The van der Waals surface area contributed by atoms with E-state index in [-0.39, 0.29) is 5.41 Å². The summed E-state index contributed by atoms with van der Waals surface area (Å²) in [5.74, 6) is 2.39. The van der Waals surface area contributed by atoms with Crippen molar-refractivity contribution in [3.8, 4) is 11.4 Å².